The molecule has 0 saturated heterocycles. The van der Waals surface area contributed by atoms with E-state index in [4.69, 9.17) is 10.5 Å². The van der Waals surface area contributed by atoms with Crippen molar-refractivity contribution in [2.45, 2.75) is 30.0 Å². The zero-order chi connectivity index (χ0) is 13.8. The van der Waals surface area contributed by atoms with E-state index in [2.05, 4.69) is 32.0 Å². The van der Waals surface area contributed by atoms with Crippen LogP contribution in [0.15, 0.2) is 41.3 Å². The highest BCUT2D eigenvalue weighted by Crippen LogP contribution is 2.43. The van der Waals surface area contributed by atoms with Gasteiger partial charge in [0.25, 0.3) is 0 Å². The molecule has 19 heavy (non-hydrogen) atoms. The third-order valence-electron chi connectivity index (χ3n) is 2.84. The molecular weight excluding hydrogens is 274 g/mol. The van der Waals surface area contributed by atoms with Gasteiger partial charge in [-0.2, -0.15) is 0 Å². The van der Waals surface area contributed by atoms with Gasteiger partial charge in [0.2, 0.25) is 0 Å². The van der Waals surface area contributed by atoms with Crippen molar-refractivity contribution in [3.63, 3.8) is 0 Å². The summed E-state index contributed by atoms with van der Waals surface area (Å²) in [6, 6.07) is 12.5. The fourth-order valence-corrected chi connectivity index (χ4v) is 4.25. The van der Waals surface area contributed by atoms with Crippen molar-refractivity contribution in [3.8, 4) is 5.75 Å². The number of nitrogens with two attached hydrogens (primary N) is 1. The molecule has 0 bridgehead atoms. The quantitative estimate of drug-likeness (QED) is 0.837. The zero-order valence-corrected chi connectivity index (χ0v) is 13.1. The largest absolute Gasteiger partial charge is 0.496 e. The highest BCUT2D eigenvalue weighted by Gasteiger charge is 2.20. The number of para-hydroxylation sites is 1. The summed E-state index contributed by atoms with van der Waals surface area (Å²) in [5.41, 5.74) is 6.16. The first-order chi connectivity index (χ1) is 9.11. The Morgan fingerprint density at radius 1 is 1.21 bits per heavy atom. The highest BCUT2D eigenvalue weighted by atomic mass is 32.2. The van der Waals surface area contributed by atoms with E-state index in [1.54, 1.807) is 18.9 Å². The predicted octanol–water partition coefficient (Wildman–Crippen LogP) is 4.25. The van der Waals surface area contributed by atoms with Crippen molar-refractivity contribution in [3.05, 3.63) is 46.2 Å². The summed E-state index contributed by atoms with van der Waals surface area (Å²) in [6.45, 7) is 4.18. The standard InChI is InChI=1S/C15H19NOS2/c1-10-8-9-14(18-10)15(11(2)16)19-13-7-5-4-6-12(13)17-3/h4-9,11,15H,16H2,1-3H3. The lowest BCUT2D eigenvalue weighted by atomic mass is 10.2. The maximum atomic E-state index is 6.16. The van der Waals surface area contributed by atoms with Crippen LogP contribution in [0.4, 0.5) is 0 Å². The molecule has 0 fully saturated rings. The van der Waals surface area contributed by atoms with Gasteiger partial charge in [-0.05, 0) is 38.1 Å². The van der Waals surface area contributed by atoms with Gasteiger partial charge < -0.3 is 10.5 Å². The zero-order valence-electron chi connectivity index (χ0n) is 11.4. The molecule has 2 nitrogen and oxygen atoms in total. The monoisotopic (exact) mass is 293 g/mol. The number of ether oxygens (including phenoxy) is 1. The molecule has 0 amide bonds. The molecule has 0 aliphatic carbocycles. The topological polar surface area (TPSA) is 35.2 Å². The van der Waals surface area contributed by atoms with Crippen LogP contribution in [-0.2, 0) is 0 Å². The Labute approximate surface area is 123 Å². The molecule has 0 radical (unpaired) electrons. The summed E-state index contributed by atoms with van der Waals surface area (Å²) in [6.07, 6.45) is 0. The van der Waals surface area contributed by atoms with Gasteiger partial charge in [0.1, 0.15) is 5.75 Å². The molecular formula is C15H19NOS2. The fraction of sp³-hybridized carbons (Fsp3) is 0.333. The van der Waals surface area contributed by atoms with Gasteiger partial charge >= 0.3 is 0 Å². The number of rotatable bonds is 5. The van der Waals surface area contributed by atoms with E-state index in [0.29, 0.717) is 0 Å². The Bertz CT molecular complexity index is 536. The number of methoxy groups -OCH3 is 1. The predicted molar refractivity (Wildman–Crippen MR) is 84.3 cm³/mol. The molecule has 1 heterocycles. The van der Waals surface area contributed by atoms with Crippen molar-refractivity contribution < 1.29 is 4.74 Å². The summed E-state index contributed by atoms with van der Waals surface area (Å²) in [5.74, 6) is 0.909. The molecule has 1 aromatic carbocycles. The van der Waals surface area contributed by atoms with E-state index in [9.17, 15) is 0 Å². The fourth-order valence-electron chi connectivity index (χ4n) is 1.88. The first-order valence-corrected chi connectivity index (χ1v) is 7.93. The van der Waals surface area contributed by atoms with Gasteiger partial charge in [-0.1, -0.05) is 12.1 Å². The molecule has 2 unspecified atom stereocenters. The van der Waals surface area contributed by atoms with Crippen LogP contribution in [0.5, 0.6) is 5.75 Å². The van der Waals surface area contributed by atoms with Gasteiger partial charge in [-0.25, -0.2) is 0 Å². The molecule has 0 aliphatic heterocycles. The van der Waals surface area contributed by atoms with Crippen LogP contribution in [0.25, 0.3) is 0 Å². The van der Waals surface area contributed by atoms with Gasteiger partial charge in [-0.3, -0.25) is 0 Å². The summed E-state index contributed by atoms with van der Waals surface area (Å²) in [5, 5.41) is 0.259. The Morgan fingerprint density at radius 2 is 1.95 bits per heavy atom. The molecule has 1 aromatic heterocycles. The van der Waals surface area contributed by atoms with Crippen LogP contribution >= 0.6 is 23.1 Å². The lowest BCUT2D eigenvalue weighted by Crippen LogP contribution is -2.21. The first-order valence-electron chi connectivity index (χ1n) is 6.23. The second-order valence-corrected chi connectivity index (χ2v) is 7.00. The molecule has 0 spiro atoms. The Morgan fingerprint density at radius 3 is 2.53 bits per heavy atom. The minimum Gasteiger partial charge on any atom is -0.496 e. The number of thiophene rings is 1. The average Bonchev–Trinajstić information content (AvgIpc) is 2.82. The Balaban J connectivity index is 2.26. The number of hydrogen-bond acceptors (Lipinski definition) is 4. The van der Waals surface area contributed by atoms with Crippen LogP contribution in [0.1, 0.15) is 21.9 Å². The number of hydrogen-bond donors (Lipinski definition) is 1. The van der Waals surface area contributed by atoms with Crippen LogP contribution in [0.2, 0.25) is 0 Å². The number of aryl methyl sites for hydroxylation is 1. The molecule has 0 saturated carbocycles. The molecule has 2 rings (SSSR count). The number of thioether (sulfide) groups is 1. The van der Waals surface area contributed by atoms with Crippen LogP contribution in [-0.4, -0.2) is 13.2 Å². The van der Waals surface area contributed by atoms with E-state index >= 15 is 0 Å². The molecule has 4 heteroatoms. The van der Waals surface area contributed by atoms with Crippen molar-refractivity contribution >= 4 is 23.1 Å². The minimum atomic E-state index is 0.0907. The van der Waals surface area contributed by atoms with E-state index in [-0.39, 0.29) is 11.3 Å². The van der Waals surface area contributed by atoms with Gasteiger partial charge in [0, 0.05) is 15.8 Å². The first kappa shape index (κ1) is 14.4. The number of benzene rings is 1. The second kappa shape index (κ2) is 6.46. The van der Waals surface area contributed by atoms with Gasteiger partial charge in [0.05, 0.1) is 17.3 Å². The second-order valence-electron chi connectivity index (χ2n) is 4.50. The van der Waals surface area contributed by atoms with Crippen molar-refractivity contribution in [1.82, 2.24) is 0 Å². The molecule has 2 N–H and O–H groups in total. The minimum absolute atomic E-state index is 0.0907. The summed E-state index contributed by atoms with van der Waals surface area (Å²) < 4.78 is 5.41. The van der Waals surface area contributed by atoms with Crippen LogP contribution in [0, 0.1) is 6.92 Å². The van der Waals surface area contributed by atoms with E-state index < -0.39 is 0 Å². The van der Waals surface area contributed by atoms with Crippen molar-refractivity contribution in [2.75, 3.05) is 7.11 Å². The highest BCUT2D eigenvalue weighted by molar-refractivity contribution is 7.99. The smallest absolute Gasteiger partial charge is 0.132 e. The van der Waals surface area contributed by atoms with Gasteiger partial charge in [-0.15, -0.1) is 23.1 Å². The molecule has 0 aliphatic rings. The SMILES string of the molecule is COc1ccccc1SC(c1ccc(C)s1)C(C)N. The lowest BCUT2D eigenvalue weighted by Gasteiger charge is -2.20. The summed E-state index contributed by atoms with van der Waals surface area (Å²) >= 11 is 3.59. The van der Waals surface area contributed by atoms with E-state index in [1.807, 2.05) is 29.5 Å². The van der Waals surface area contributed by atoms with E-state index in [0.717, 1.165) is 10.6 Å². The Hall–Kier alpha value is -0.970. The maximum Gasteiger partial charge on any atom is 0.132 e. The summed E-state index contributed by atoms with van der Waals surface area (Å²) in [7, 11) is 1.70. The third-order valence-corrected chi connectivity index (χ3v) is 5.60. The molecule has 2 atom stereocenters. The van der Waals surface area contributed by atoms with Crippen LogP contribution < -0.4 is 10.5 Å². The molecule has 102 valence electrons. The Kier molecular flexibility index (Phi) is 4.91. The summed E-state index contributed by atoms with van der Waals surface area (Å²) in [4.78, 5) is 3.78. The van der Waals surface area contributed by atoms with Gasteiger partial charge in [0.15, 0.2) is 0 Å². The molecule has 2 aromatic rings. The third kappa shape index (κ3) is 3.53. The maximum absolute atomic E-state index is 6.16. The normalized spacial score (nSPS) is 14.1. The van der Waals surface area contributed by atoms with Crippen molar-refractivity contribution in [1.29, 1.82) is 0 Å². The van der Waals surface area contributed by atoms with Crippen LogP contribution in [0.3, 0.4) is 0 Å². The lowest BCUT2D eigenvalue weighted by molar-refractivity contribution is 0.404. The van der Waals surface area contributed by atoms with E-state index in [1.165, 1.54) is 9.75 Å². The van der Waals surface area contributed by atoms with Crippen molar-refractivity contribution in [2.24, 2.45) is 5.73 Å². The average molecular weight is 293 g/mol.